The lowest BCUT2D eigenvalue weighted by molar-refractivity contribution is -0.384. The van der Waals surface area contributed by atoms with Crippen LogP contribution in [0.1, 0.15) is 19.3 Å². The number of nitro groups is 1. The summed E-state index contributed by atoms with van der Waals surface area (Å²) < 4.78 is 2.13. The van der Waals surface area contributed by atoms with Gasteiger partial charge in [0.2, 0.25) is 0 Å². The van der Waals surface area contributed by atoms with Crippen molar-refractivity contribution in [3.05, 3.63) is 40.6 Å². The fraction of sp³-hybridized carbons (Fsp3) is 0.467. The van der Waals surface area contributed by atoms with Gasteiger partial charge in [0, 0.05) is 36.3 Å². The first-order valence-electron chi connectivity index (χ1n) is 7.08. The third kappa shape index (κ3) is 2.41. The Morgan fingerprint density at radius 3 is 2.95 bits per heavy atom. The number of nitrogens with zero attached hydrogens (tertiary/aromatic N) is 3. The van der Waals surface area contributed by atoms with Gasteiger partial charge in [-0.15, -0.1) is 0 Å². The first-order chi connectivity index (χ1) is 9.65. The summed E-state index contributed by atoms with van der Waals surface area (Å²) >= 11 is 0. The molecule has 0 amide bonds. The van der Waals surface area contributed by atoms with Crippen LogP contribution in [-0.2, 0) is 6.54 Å². The standard InChI is InChI=1S/C15H19N3O2/c1-16-8-2-3-13(16)7-10-17-9-6-12-4-5-14(18(19)20)11-15(12)17/h4-6,9,11,13H,2-3,7-8,10H2,1H3. The van der Waals surface area contributed by atoms with Gasteiger partial charge in [0.15, 0.2) is 0 Å². The molecule has 1 atom stereocenters. The van der Waals surface area contributed by atoms with Crippen LogP contribution in [0.15, 0.2) is 30.5 Å². The molecule has 5 nitrogen and oxygen atoms in total. The maximum Gasteiger partial charge on any atom is 0.271 e. The average Bonchev–Trinajstić information content (AvgIpc) is 3.02. The second kappa shape index (κ2) is 5.25. The number of aromatic nitrogens is 1. The van der Waals surface area contributed by atoms with Crippen LogP contribution in [0, 0.1) is 10.1 Å². The number of fused-ring (bicyclic) bond motifs is 1. The Balaban J connectivity index is 1.80. The van der Waals surface area contributed by atoms with E-state index in [9.17, 15) is 10.1 Å². The van der Waals surface area contributed by atoms with Gasteiger partial charge < -0.3 is 9.47 Å². The molecule has 5 heteroatoms. The van der Waals surface area contributed by atoms with Crippen molar-refractivity contribution in [2.45, 2.75) is 31.8 Å². The molecule has 1 unspecified atom stereocenters. The van der Waals surface area contributed by atoms with Crippen molar-refractivity contribution in [1.29, 1.82) is 0 Å². The molecule has 0 bridgehead atoms. The summed E-state index contributed by atoms with van der Waals surface area (Å²) in [5.41, 5.74) is 1.12. The maximum absolute atomic E-state index is 10.9. The first kappa shape index (κ1) is 13.1. The van der Waals surface area contributed by atoms with Gasteiger partial charge >= 0.3 is 0 Å². The molecule has 2 heterocycles. The normalized spacial score (nSPS) is 19.8. The fourth-order valence-corrected chi connectivity index (χ4v) is 3.11. The summed E-state index contributed by atoms with van der Waals surface area (Å²) in [6.45, 7) is 2.10. The highest BCUT2D eigenvalue weighted by Gasteiger charge is 2.20. The number of likely N-dealkylation sites (tertiary alicyclic amines) is 1. The minimum atomic E-state index is -0.332. The van der Waals surface area contributed by atoms with E-state index in [-0.39, 0.29) is 10.6 Å². The van der Waals surface area contributed by atoms with E-state index in [0.29, 0.717) is 6.04 Å². The Bertz CT molecular complexity index is 635. The van der Waals surface area contributed by atoms with Crippen LogP contribution in [0.3, 0.4) is 0 Å². The second-order valence-corrected chi connectivity index (χ2v) is 5.57. The smallest absolute Gasteiger partial charge is 0.271 e. The highest BCUT2D eigenvalue weighted by atomic mass is 16.6. The molecule has 0 N–H and O–H groups in total. The maximum atomic E-state index is 10.9. The molecular weight excluding hydrogens is 254 g/mol. The Hall–Kier alpha value is -1.88. The van der Waals surface area contributed by atoms with Gasteiger partial charge in [0.05, 0.1) is 10.4 Å². The molecule has 106 valence electrons. The molecule has 0 aliphatic carbocycles. The van der Waals surface area contributed by atoms with E-state index in [2.05, 4.69) is 16.5 Å². The molecule has 0 radical (unpaired) electrons. The van der Waals surface area contributed by atoms with Crippen LogP contribution in [0.4, 0.5) is 5.69 Å². The van der Waals surface area contributed by atoms with Crippen molar-refractivity contribution < 1.29 is 4.92 Å². The van der Waals surface area contributed by atoms with E-state index < -0.39 is 0 Å². The Morgan fingerprint density at radius 1 is 1.40 bits per heavy atom. The summed E-state index contributed by atoms with van der Waals surface area (Å²) in [5.74, 6) is 0. The van der Waals surface area contributed by atoms with Gasteiger partial charge in [-0.1, -0.05) is 0 Å². The largest absolute Gasteiger partial charge is 0.347 e. The van der Waals surface area contributed by atoms with Gasteiger partial charge in [0.25, 0.3) is 5.69 Å². The van der Waals surface area contributed by atoms with Crippen LogP contribution in [-0.4, -0.2) is 34.0 Å². The van der Waals surface area contributed by atoms with E-state index in [1.165, 1.54) is 19.4 Å². The molecule has 1 aromatic carbocycles. The van der Waals surface area contributed by atoms with Crippen LogP contribution in [0.25, 0.3) is 10.9 Å². The number of aryl methyl sites for hydroxylation is 1. The zero-order valence-corrected chi connectivity index (χ0v) is 11.7. The predicted octanol–water partition coefficient (Wildman–Crippen LogP) is 3.03. The Kier molecular flexibility index (Phi) is 3.44. The summed E-state index contributed by atoms with van der Waals surface area (Å²) in [7, 11) is 2.18. The number of nitro benzene ring substituents is 1. The molecule has 1 saturated heterocycles. The van der Waals surface area contributed by atoms with Gasteiger partial charge in [0.1, 0.15) is 0 Å². The molecule has 1 aliphatic heterocycles. The molecule has 3 rings (SSSR count). The third-order valence-electron chi connectivity index (χ3n) is 4.34. The molecule has 1 fully saturated rings. The lowest BCUT2D eigenvalue weighted by Gasteiger charge is -2.19. The summed E-state index contributed by atoms with van der Waals surface area (Å²) in [6, 6.07) is 7.74. The van der Waals surface area contributed by atoms with Crippen molar-refractivity contribution >= 4 is 16.6 Å². The average molecular weight is 273 g/mol. The van der Waals surface area contributed by atoms with Crippen molar-refractivity contribution in [3.63, 3.8) is 0 Å². The molecule has 1 aromatic heterocycles. The predicted molar refractivity (Wildman–Crippen MR) is 78.9 cm³/mol. The van der Waals surface area contributed by atoms with Gasteiger partial charge in [-0.2, -0.15) is 0 Å². The van der Waals surface area contributed by atoms with Gasteiger partial charge in [-0.05, 0) is 45.0 Å². The number of rotatable bonds is 4. The van der Waals surface area contributed by atoms with Crippen LogP contribution >= 0.6 is 0 Å². The quantitative estimate of drug-likeness (QED) is 0.635. The van der Waals surface area contributed by atoms with Crippen LogP contribution < -0.4 is 0 Å². The van der Waals surface area contributed by atoms with Crippen molar-refractivity contribution in [1.82, 2.24) is 9.47 Å². The van der Waals surface area contributed by atoms with E-state index in [1.54, 1.807) is 12.1 Å². The van der Waals surface area contributed by atoms with Gasteiger partial charge in [-0.3, -0.25) is 10.1 Å². The monoisotopic (exact) mass is 273 g/mol. The molecule has 0 spiro atoms. The topological polar surface area (TPSA) is 51.3 Å². The Morgan fingerprint density at radius 2 is 2.25 bits per heavy atom. The molecular formula is C15H19N3O2. The highest BCUT2D eigenvalue weighted by molar-refractivity contribution is 5.82. The Labute approximate surface area is 117 Å². The second-order valence-electron chi connectivity index (χ2n) is 5.57. The van der Waals surface area contributed by atoms with Crippen molar-refractivity contribution in [2.24, 2.45) is 0 Å². The summed E-state index contributed by atoms with van der Waals surface area (Å²) in [5, 5.41) is 11.9. The lowest BCUT2D eigenvalue weighted by Crippen LogP contribution is -2.25. The lowest BCUT2D eigenvalue weighted by atomic mass is 10.1. The minimum absolute atomic E-state index is 0.162. The minimum Gasteiger partial charge on any atom is -0.347 e. The van der Waals surface area contributed by atoms with E-state index in [0.717, 1.165) is 23.9 Å². The SMILES string of the molecule is CN1CCCC1CCn1ccc2ccc([N+](=O)[O-])cc21. The summed E-state index contributed by atoms with van der Waals surface area (Å²) in [6.07, 6.45) is 5.67. The number of hydrogen-bond donors (Lipinski definition) is 0. The van der Waals surface area contributed by atoms with Crippen LogP contribution in [0.2, 0.25) is 0 Å². The number of non-ortho nitro benzene ring substituents is 1. The first-order valence-corrected chi connectivity index (χ1v) is 7.08. The zero-order chi connectivity index (χ0) is 14.1. The summed E-state index contributed by atoms with van der Waals surface area (Å²) in [4.78, 5) is 13.0. The van der Waals surface area contributed by atoms with E-state index in [1.807, 2.05) is 18.3 Å². The van der Waals surface area contributed by atoms with Gasteiger partial charge in [-0.25, -0.2) is 0 Å². The molecule has 20 heavy (non-hydrogen) atoms. The number of hydrogen-bond acceptors (Lipinski definition) is 3. The number of benzene rings is 1. The zero-order valence-electron chi connectivity index (χ0n) is 11.7. The van der Waals surface area contributed by atoms with E-state index >= 15 is 0 Å². The van der Waals surface area contributed by atoms with Crippen molar-refractivity contribution in [3.8, 4) is 0 Å². The molecule has 0 saturated carbocycles. The third-order valence-corrected chi connectivity index (χ3v) is 4.34. The van der Waals surface area contributed by atoms with Crippen LogP contribution in [0.5, 0.6) is 0 Å². The highest BCUT2D eigenvalue weighted by Crippen LogP contribution is 2.24. The van der Waals surface area contributed by atoms with Crippen molar-refractivity contribution in [2.75, 3.05) is 13.6 Å². The molecule has 1 aliphatic rings. The molecule has 2 aromatic rings. The fourth-order valence-electron chi connectivity index (χ4n) is 3.11. The van der Waals surface area contributed by atoms with E-state index in [4.69, 9.17) is 0 Å².